The Bertz CT molecular complexity index is 1210. The van der Waals surface area contributed by atoms with E-state index in [9.17, 15) is 18.0 Å². The molecule has 2 aromatic carbocycles. The lowest BCUT2D eigenvalue weighted by Crippen LogP contribution is -2.45. The Hall–Kier alpha value is -3.90. The van der Waals surface area contributed by atoms with Gasteiger partial charge in [0.2, 0.25) is 11.8 Å². The number of halogens is 3. The number of hydrogen-bond acceptors (Lipinski definition) is 7. The van der Waals surface area contributed by atoms with Crippen molar-refractivity contribution in [2.75, 3.05) is 49.1 Å². The van der Waals surface area contributed by atoms with Crippen molar-refractivity contribution in [1.82, 2.24) is 19.8 Å². The van der Waals surface area contributed by atoms with Crippen molar-refractivity contribution in [1.29, 1.82) is 0 Å². The summed E-state index contributed by atoms with van der Waals surface area (Å²) in [7, 11) is 0. The van der Waals surface area contributed by atoms with E-state index < -0.39 is 17.8 Å². The number of nitrogens with one attached hydrogen (secondary N) is 2. The number of benzene rings is 2. The Morgan fingerprint density at radius 1 is 1.00 bits per heavy atom. The smallest absolute Gasteiger partial charge is 0.416 e. The summed E-state index contributed by atoms with van der Waals surface area (Å²) < 4.78 is 47.0. The highest BCUT2D eigenvalue weighted by Gasteiger charge is 2.34. The van der Waals surface area contributed by atoms with Gasteiger partial charge in [-0.25, -0.2) is 9.78 Å². The Morgan fingerprint density at radius 3 is 2.30 bits per heavy atom. The fourth-order valence-corrected chi connectivity index (χ4v) is 3.99. The molecule has 0 bridgehead atoms. The minimum absolute atomic E-state index is 0.0469. The number of likely N-dealkylation sites (N-methyl/N-ethyl adjacent to an activating group) is 1. The number of hydrogen-bond donors (Lipinski definition) is 3. The number of nitrogen functional groups attached to an aromatic ring is 1. The summed E-state index contributed by atoms with van der Waals surface area (Å²) in [6, 6.07) is 11.1. The average molecular weight is 516 g/mol. The zero-order valence-electron chi connectivity index (χ0n) is 20.3. The van der Waals surface area contributed by atoms with Crippen molar-refractivity contribution in [3.63, 3.8) is 0 Å². The summed E-state index contributed by atoms with van der Waals surface area (Å²) >= 11 is 0. The maximum Gasteiger partial charge on any atom is 0.416 e. The van der Waals surface area contributed by atoms with Crippen LogP contribution in [0.5, 0.6) is 11.6 Å². The summed E-state index contributed by atoms with van der Waals surface area (Å²) in [6.45, 7) is 6.30. The van der Waals surface area contributed by atoms with E-state index in [2.05, 4.69) is 32.4 Å². The zero-order valence-corrected chi connectivity index (χ0v) is 20.3. The molecular formula is C25H28F3N7O2. The van der Waals surface area contributed by atoms with Gasteiger partial charge < -0.3 is 26.0 Å². The lowest BCUT2D eigenvalue weighted by atomic mass is 10.0. The number of amides is 2. The van der Waals surface area contributed by atoms with Crippen LogP contribution >= 0.6 is 0 Å². The molecule has 0 spiro atoms. The van der Waals surface area contributed by atoms with Gasteiger partial charge in [0.25, 0.3) is 0 Å². The molecule has 4 N–H and O–H groups in total. The van der Waals surface area contributed by atoms with E-state index in [-0.39, 0.29) is 29.6 Å². The van der Waals surface area contributed by atoms with E-state index in [0.717, 1.165) is 25.7 Å². The number of rotatable bonds is 7. The Morgan fingerprint density at radius 2 is 1.65 bits per heavy atom. The third-order valence-corrected chi connectivity index (χ3v) is 5.96. The van der Waals surface area contributed by atoms with Crippen LogP contribution in [0.1, 0.15) is 18.1 Å². The van der Waals surface area contributed by atoms with E-state index >= 15 is 0 Å². The fraction of sp³-hybridized carbons (Fsp3) is 0.320. The summed E-state index contributed by atoms with van der Waals surface area (Å²) in [5.41, 5.74) is 5.42. The van der Waals surface area contributed by atoms with Crippen LogP contribution in [-0.2, 0) is 12.7 Å². The maximum atomic E-state index is 13.8. The normalized spacial score (nSPS) is 14.8. The van der Waals surface area contributed by atoms with Crippen LogP contribution in [0.3, 0.4) is 0 Å². The second kappa shape index (κ2) is 11.4. The molecule has 1 saturated heterocycles. The minimum Gasteiger partial charge on any atom is -0.439 e. The zero-order chi connectivity index (χ0) is 26.4. The van der Waals surface area contributed by atoms with E-state index in [1.54, 1.807) is 30.3 Å². The lowest BCUT2D eigenvalue weighted by molar-refractivity contribution is -0.138. The molecule has 1 aliphatic rings. The molecule has 37 heavy (non-hydrogen) atoms. The van der Waals surface area contributed by atoms with Gasteiger partial charge in [0.15, 0.2) is 0 Å². The highest BCUT2D eigenvalue weighted by Crippen LogP contribution is 2.34. The maximum absolute atomic E-state index is 13.8. The minimum atomic E-state index is -4.54. The second-order valence-corrected chi connectivity index (χ2v) is 8.54. The molecule has 1 aromatic heterocycles. The first-order chi connectivity index (χ1) is 17.7. The molecule has 0 radical (unpaired) electrons. The van der Waals surface area contributed by atoms with Gasteiger partial charge in [0, 0.05) is 56.4 Å². The molecular weight excluding hydrogens is 487 g/mol. The number of nitrogens with two attached hydrogens (primary N) is 1. The van der Waals surface area contributed by atoms with Crippen LogP contribution in [0.4, 0.5) is 35.3 Å². The molecule has 0 aliphatic carbocycles. The fourth-order valence-electron chi connectivity index (χ4n) is 3.99. The SMILES string of the molecule is CCN1CCN(Cc2ccc(NC(=O)Nc3ccc(Oc4ccnc(N)n4)cc3)cc2C(F)(F)F)CC1. The van der Waals surface area contributed by atoms with Crippen molar-refractivity contribution in [2.45, 2.75) is 19.6 Å². The molecule has 0 unspecified atom stereocenters. The first-order valence-corrected chi connectivity index (χ1v) is 11.8. The van der Waals surface area contributed by atoms with Crippen molar-refractivity contribution >= 4 is 23.4 Å². The third-order valence-electron chi connectivity index (χ3n) is 5.96. The lowest BCUT2D eigenvalue weighted by Gasteiger charge is -2.34. The highest BCUT2D eigenvalue weighted by molar-refractivity contribution is 5.99. The van der Waals surface area contributed by atoms with Crippen molar-refractivity contribution in [2.24, 2.45) is 0 Å². The molecule has 3 aromatic rings. The molecule has 2 amide bonds. The second-order valence-electron chi connectivity index (χ2n) is 8.54. The van der Waals surface area contributed by atoms with Gasteiger partial charge in [-0.15, -0.1) is 0 Å². The Kier molecular flexibility index (Phi) is 8.09. The van der Waals surface area contributed by atoms with Crippen LogP contribution in [0.25, 0.3) is 0 Å². The summed E-state index contributed by atoms with van der Waals surface area (Å²) in [6.07, 6.45) is -3.08. The summed E-state index contributed by atoms with van der Waals surface area (Å²) in [5, 5.41) is 5.07. The van der Waals surface area contributed by atoms with E-state index in [0.29, 0.717) is 24.5 Å². The number of carbonyl (C=O) groups is 1. The summed E-state index contributed by atoms with van der Waals surface area (Å²) in [4.78, 5) is 24.4. The van der Waals surface area contributed by atoms with E-state index in [1.807, 2.05) is 4.90 Å². The van der Waals surface area contributed by atoms with Gasteiger partial charge in [-0.2, -0.15) is 18.2 Å². The number of urea groups is 1. The number of aromatic nitrogens is 2. The van der Waals surface area contributed by atoms with Gasteiger partial charge >= 0.3 is 12.2 Å². The number of alkyl halides is 3. The predicted molar refractivity (Wildman–Crippen MR) is 134 cm³/mol. The molecule has 1 fully saturated rings. The van der Waals surface area contributed by atoms with Crippen molar-refractivity contribution in [3.05, 3.63) is 65.9 Å². The standard InChI is InChI=1S/C25H28F3N7O2/c1-2-34-11-13-35(14-12-34)16-17-3-4-19(15-21(17)25(26,27)28)32-24(36)31-18-5-7-20(8-6-18)37-22-9-10-30-23(29)33-22/h3-10,15H,2,11-14,16H2,1H3,(H2,29,30,33)(H2,31,32,36). The number of nitrogens with zero attached hydrogens (tertiary/aromatic N) is 4. The van der Waals surface area contributed by atoms with Gasteiger partial charge in [-0.3, -0.25) is 4.90 Å². The molecule has 0 atom stereocenters. The molecule has 12 heteroatoms. The van der Waals surface area contributed by atoms with Crippen LogP contribution in [0.15, 0.2) is 54.7 Å². The van der Waals surface area contributed by atoms with Crippen LogP contribution in [-0.4, -0.2) is 58.5 Å². The first kappa shape index (κ1) is 26.2. The Labute approximate surface area is 212 Å². The molecule has 4 rings (SSSR count). The largest absolute Gasteiger partial charge is 0.439 e. The quantitative estimate of drug-likeness (QED) is 0.420. The molecule has 9 nitrogen and oxygen atoms in total. The first-order valence-electron chi connectivity index (χ1n) is 11.8. The number of anilines is 3. The number of piperazine rings is 1. The van der Waals surface area contributed by atoms with Crippen molar-refractivity contribution in [3.8, 4) is 11.6 Å². The van der Waals surface area contributed by atoms with Crippen LogP contribution in [0, 0.1) is 0 Å². The van der Waals surface area contributed by atoms with Crippen LogP contribution in [0.2, 0.25) is 0 Å². The number of carbonyl (C=O) groups excluding carboxylic acids is 1. The van der Waals surface area contributed by atoms with Crippen molar-refractivity contribution < 1.29 is 22.7 Å². The van der Waals surface area contributed by atoms with Gasteiger partial charge in [-0.1, -0.05) is 13.0 Å². The summed E-state index contributed by atoms with van der Waals surface area (Å²) in [5.74, 6) is 0.785. The van der Waals surface area contributed by atoms with E-state index in [4.69, 9.17) is 10.5 Å². The van der Waals surface area contributed by atoms with E-state index in [1.165, 1.54) is 18.3 Å². The third kappa shape index (κ3) is 7.30. The highest BCUT2D eigenvalue weighted by atomic mass is 19.4. The topological polar surface area (TPSA) is 109 Å². The van der Waals surface area contributed by atoms with Gasteiger partial charge in [-0.05, 0) is 48.5 Å². The molecule has 2 heterocycles. The Balaban J connectivity index is 1.37. The van der Waals surface area contributed by atoms with Gasteiger partial charge in [0.05, 0.1) is 5.56 Å². The van der Waals surface area contributed by atoms with Gasteiger partial charge in [0.1, 0.15) is 5.75 Å². The number of ether oxygens (including phenoxy) is 1. The van der Waals surface area contributed by atoms with Crippen LogP contribution < -0.4 is 21.1 Å². The molecule has 1 aliphatic heterocycles. The average Bonchev–Trinajstić information content (AvgIpc) is 2.86. The molecule has 0 saturated carbocycles. The molecule has 196 valence electrons. The predicted octanol–water partition coefficient (Wildman–Crippen LogP) is 4.65. The monoisotopic (exact) mass is 515 g/mol.